The average molecular weight is 266 g/mol. The monoisotopic (exact) mass is 266 g/mol. The van der Waals surface area contributed by atoms with Gasteiger partial charge in [-0.15, -0.1) is 0 Å². The molecular weight excluding hydrogens is 236 g/mol. The number of allylic oxidation sites excluding steroid dienone is 1. The predicted molar refractivity (Wildman–Crippen MR) is 80.8 cm³/mol. The molecule has 0 saturated carbocycles. The van der Waals surface area contributed by atoms with Crippen LogP contribution in [0.4, 0.5) is 0 Å². The summed E-state index contributed by atoms with van der Waals surface area (Å²) in [6.45, 7) is 14.7. The Morgan fingerprint density at radius 3 is 2.00 bits per heavy atom. The van der Waals surface area contributed by atoms with Gasteiger partial charge in [0.2, 0.25) is 5.91 Å². The molecule has 110 valence electrons. The van der Waals surface area contributed by atoms with Gasteiger partial charge in [0.15, 0.2) is 0 Å². The van der Waals surface area contributed by atoms with E-state index in [0.29, 0.717) is 6.54 Å². The fourth-order valence-electron chi connectivity index (χ4n) is 2.81. The zero-order valence-electron chi connectivity index (χ0n) is 13.9. The molecule has 0 fully saturated rings. The number of carbonyl (C=O) groups excluding carboxylic acids is 1. The SMILES string of the molecule is CN(C)CC(=O)N1CCC(C(C)(C)C)=C1C(C)(C)C. The van der Waals surface area contributed by atoms with Crippen molar-refractivity contribution in [3.8, 4) is 0 Å². The third-order valence-electron chi connectivity index (χ3n) is 3.51. The molecule has 1 rings (SSSR count). The molecular formula is C16H30N2O. The van der Waals surface area contributed by atoms with E-state index >= 15 is 0 Å². The van der Waals surface area contributed by atoms with Gasteiger partial charge in [-0.1, -0.05) is 41.5 Å². The molecule has 1 amide bonds. The first-order valence-corrected chi connectivity index (χ1v) is 7.14. The number of hydrogen-bond donors (Lipinski definition) is 0. The maximum atomic E-state index is 12.4. The lowest BCUT2D eigenvalue weighted by molar-refractivity contribution is -0.130. The maximum Gasteiger partial charge on any atom is 0.240 e. The molecule has 19 heavy (non-hydrogen) atoms. The van der Waals surface area contributed by atoms with Crippen molar-refractivity contribution < 1.29 is 4.79 Å². The number of nitrogens with zero attached hydrogens (tertiary/aromatic N) is 2. The molecule has 1 aliphatic heterocycles. The van der Waals surface area contributed by atoms with Crippen LogP contribution in [0.2, 0.25) is 0 Å². The number of amides is 1. The van der Waals surface area contributed by atoms with Crippen molar-refractivity contribution >= 4 is 5.91 Å². The molecule has 1 aliphatic rings. The largest absolute Gasteiger partial charge is 0.314 e. The minimum Gasteiger partial charge on any atom is -0.314 e. The van der Waals surface area contributed by atoms with E-state index in [1.54, 1.807) is 0 Å². The topological polar surface area (TPSA) is 23.6 Å². The normalized spacial score (nSPS) is 17.6. The van der Waals surface area contributed by atoms with E-state index in [9.17, 15) is 4.79 Å². The average Bonchev–Trinajstić information content (AvgIpc) is 2.58. The number of hydrogen-bond acceptors (Lipinski definition) is 2. The van der Waals surface area contributed by atoms with Gasteiger partial charge in [0.25, 0.3) is 0 Å². The van der Waals surface area contributed by atoms with Gasteiger partial charge < -0.3 is 9.80 Å². The molecule has 3 nitrogen and oxygen atoms in total. The summed E-state index contributed by atoms with van der Waals surface area (Å²) in [6, 6.07) is 0. The predicted octanol–water partition coefficient (Wildman–Crippen LogP) is 3.13. The summed E-state index contributed by atoms with van der Waals surface area (Å²) in [5.41, 5.74) is 2.83. The van der Waals surface area contributed by atoms with Crippen LogP contribution in [-0.4, -0.2) is 42.9 Å². The Kier molecular flexibility index (Phi) is 4.51. The number of likely N-dealkylation sites (N-methyl/N-ethyl adjacent to an activating group) is 1. The van der Waals surface area contributed by atoms with Crippen LogP contribution in [0.3, 0.4) is 0 Å². The summed E-state index contributed by atoms with van der Waals surface area (Å²) < 4.78 is 0. The van der Waals surface area contributed by atoms with Crippen LogP contribution in [0.25, 0.3) is 0 Å². The molecule has 0 aromatic carbocycles. The van der Waals surface area contributed by atoms with E-state index in [1.807, 2.05) is 23.9 Å². The van der Waals surface area contributed by atoms with E-state index in [0.717, 1.165) is 13.0 Å². The Balaban J connectivity index is 3.16. The van der Waals surface area contributed by atoms with Gasteiger partial charge in [-0.3, -0.25) is 4.79 Å². The second kappa shape index (κ2) is 5.28. The number of carbonyl (C=O) groups is 1. The van der Waals surface area contributed by atoms with Gasteiger partial charge in [-0.2, -0.15) is 0 Å². The minimum atomic E-state index is 0.0150. The smallest absolute Gasteiger partial charge is 0.240 e. The fraction of sp³-hybridized carbons (Fsp3) is 0.812. The zero-order valence-corrected chi connectivity index (χ0v) is 13.9. The van der Waals surface area contributed by atoms with Gasteiger partial charge >= 0.3 is 0 Å². The molecule has 0 aliphatic carbocycles. The molecule has 0 aromatic heterocycles. The van der Waals surface area contributed by atoms with Gasteiger partial charge in [0, 0.05) is 17.7 Å². The summed E-state index contributed by atoms with van der Waals surface area (Å²) in [5.74, 6) is 0.217. The van der Waals surface area contributed by atoms with E-state index < -0.39 is 0 Å². The van der Waals surface area contributed by atoms with Crippen LogP contribution in [0, 0.1) is 10.8 Å². The van der Waals surface area contributed by atoms with E-state index in [4.69, 9.17) is 0 Å². The lowest BCUT2D eigenvalue weighted by atomic mass is 9.78. The van der Waals surface area contributed by atoms with Gasteiger partial charge in [-0.25, -0.2) is 0 Å². The molecule has 0 aromatic rings. The van der Waals surface area contributed by atoms with Gasteiger partial charge in [0.05, 0.1) is 6.54 Å². The quantitative estimate of drug-likeness (QED) is 0.766. The summed E-state index contributed by atoms with van der Waals surface area (Å²) in [5, 5.41) is 0. The first-order valence-electron chi connectivity index (χ1n) is 7.14. The first kappa shape index (κ1) is 16.2. The Hall–Kier alpha value is -0.830. The third-order valence-corrected chi connectivity index (χ3v) is 3.51. The molecule has 0 atom stereocenters. The highest BCUT2D eigenvalue weighted by atomic mass is 16.2. The Labute approximate surface area is 118 Å². The van der Waals surface area contributed by atoms with Crippen LogP contribution < -0.4 is 0 Å². The van der Waals surface area contributed by atoms with Crippen molar-refractivity contribution in [1.29, 1.82) is 0 Å². The van der Waals surface area contributed by atoms with Gasteiger partial charge in [0.1, 0.15) is 0 Å². The van der Waals surface area contributed by atoms with Crippen molar-refractivity contribution in [3.63, 3.8) is 0 Å². The maximum absolute atomic E-state index is 12.4. The van der Waals surface area contributed by atoms with Crippen molar-refractivity contribution in [2.45, 2.75) is 48.0 Å². The Bertz CT molecular complexity index is 381. The molecule has 0 radical (unpaired) electrons. The zero-order chi connectivity index (χ0) is 15.0. The second-order valence-electron chi connectivity index (χ2n) is 7.86. The molecule has 1 heterocycles. The summed E-state index contributed by atoms with van der Waals surface area (Å²) >= 11 is 0. The molecule has 0 spiro atoms. The first-order chi connectivity index (χ1) is 8.44. The number of rotatable bonds is 2. The van der Waals surface area contributed by atoms with Crippen LogP contribution in [0.15, 0.2) is 11.3 Å². The van der Waals surface area contributed by atoms with Crippen LogP contribution in [-0.2, 0) is 4.79 Å². The third kappa shape index (κ3) is 3.82. The second-order valence-corrected chi connectivity index (χ2v) is 7.86. The van der Waals surface area contributed by atoms with E-state index in [1.165, 1.54) is 11.3 Å². The fourth-order valence-corrected chi connectivity index (χ4v) is 2.81. The van der Waals surface area contributed by atoms with Gasteiger partial charge in [-0.05, 0) is 31.5 Å². The Morgan fingerprint density at radius 2 is 1.63 bits per heavy atom. The minimum absolute atomic E-state index is 0.0150. The lowest BCUT2D eigenvalue weighted by Gasteiger charge is -2.34. The molecule has 0 unspecified atom stereocenters. The molecule has 3 heteroatoms. The van der Waals surface area contributed by atoms with E-state index in [2.05, 4.69) is 41.5 Å². The highest BCUT2D eigenvalue weighted by molar-refractivity contribution is 5.81. The standard InChI is InChI=1S/C16H30N2O/c1-15(2,3)12-9-10-18(13(19)11-17(7)8)14(12)16(4,5)6/h9-11H2,1-8H3. The molecule has 0 bridgehead atoms. The van der Waals surface area contributed by atoms with Crippen LogP contribution >= 0.6 is 0 Å². The summed E-state index contributed by atoms with van der Waals surface area (Å²) in [6.07, 6.45) is 1.01. The van der Waals surface area contributed by atoms with Crippen LogP contribution in [0.5, 0.6) is 0 Å². The summed E-state index contributed by atoms with van der Waals surface area (Å²) in [7, 11) is 3.89. The summed E-state index contributed by atoms with van der Waals surface area (Å²) in [4.78, 5) is 16.4. The van der Waals surface area contributed by atoms with E-state index in [-0.39, 0.29) is 16.7 Å². The molecule has 0 saturated heterocycles. The highest BCUT2D eigenvalue weighted by Gasteiger charge is 2.38. The molecule has 0 N–H and O–H groups in total. The van der Waals surface area contributed by atoms with Crippen molar-refractivity contribution in [3.05, 3.63) is 11.3 Å². The lowest BCUT2D eigenvalue weighted by Crippen LogP contribution is -2.39. The van der Waals surface area contributed by atoms with Crippen molar-refractivity contribution in [1.82, 2.24) is 9.80 Å². The van der Waals surface area contributed by atoms with Crippen molar-refractivity contribution in [2.24, 2.45) is 10.8 Å². The highest BCUT2D eigenvalue weighted by Crippen LogP contribution is 2.44. The van der Waals surface area contributed by atoms with Crippen LogP contribution in [0.1, 0.15) is 48.0 Å². The Morgan fingerprint density at radius 1 is 1.11 bits per heavy atom. The van der Waals surface area contributed by atoms with Crippen molar-refractivity contribution in [2.75, 3.05) is 27.2 Å².